The number of Topliss-reactive ketones (excluding diaryl/α,β-unsaturated/α-hetero) is 2. The zero-order valence-electron chi connectivity index (χ0n) is 25.8. The van der Waals surface area contributed by atoms with E-state index in [-0.39, 0.29) is 37.5 Å². The number of alkyl halides is 6. The van der Waals surface area contributed by atoms with Gasteiger partial charge in [0, 0.05) is 18.8 Å². The number of aromatic nitrogens is 2. The fraction of sp³-hybridized carbons (Fsp3) is 0.517. The number of piperidine rings is 1. The summed E-state index contributed by atoms with van der Waals surface area (Å²) in [5, 5.41) is 5.35. The lowest BCUT2D eigenvalue weighted by atomic mass is 10.0. The van der Waals surface area contributed by atoms with Gasteiger partial charge in [-0.25, -0.2) is 4.98 Å². The third kappa shape index (κ3) is 12.8. The van der Waals surface area contributed by atoms with Crippen LogP contribution in [0, 0.1) is 0 Å². The molecule has 18 heteroatoms. The van der Waals surface area contributed by atoms with Crippen LogP contribution < -0.4 is 16.4 Å². The molecule has 1 aromatic heterocycles. The van der Waals surface area contributed by atoms with Gasteiger partial charge < -0.3 is 30.6 Å². The highest BCUT2D eigenvalue weighted by Gasteiger charge is 2.54. The number of benzene rings is 1. The van der Waals surface area contributed by atoms with Crippen LogP contribution in [0.25, 0.3) is 0 Å². The lowest BCUT2D eigenvalue weighted by Gasteiger charge is -2.33. The number of ketones is 2. The topological polar surface area (TPSA) is 166 Å². The first-order valence-corrected chi connectivity index (χ1v) is 14.3. The van der Waals surface area contributed by atoms with Crippen molar-refractivity contribution in [1.29, 1.82) is 0 Å². The van der Waals surface area contributed by atoms with Crippen molar-refractivity contribution in [1.82, 2.24) is 19.8 Å². The van der Waals surface area contributed by atoms with E-state index in [2.05, 4.69) is 22.5 Å². The van der Waals surface area contributed by atoms with Gasteiger partial charge in [-0.15, -0.1) is 0 Å². The van der Waals surface area contributed by atoms with Crippen LogP contribution in [-0.4, -0.2) is 86.9 Å². The molecule has 3 amide bonds. The smallest absolute Gasteiger partial charge is 0.374 e. The molecule has 0 aliphatic carbocycles. The third-order valence-electron chi connectivity index (χ3n) is 6.65. The second kappa shape index (κ2) is 16.5. The Hall–Kier alpha value is -4.32. The molecule has 12 nitrogen and oxygen atoms in total. The van der Waals surface area contributed by atoms with Crippen LogP contribution in [0.2, 0.25) is 0 Å². The maximum atomic E-state index is 13.0. The molecule has 2 heterocycles. The van der Waals surface area contributed by atoms with Gasteiger partial charge in [-0.1, -0.05) is 30.3 Å². The second-order valence-electron chi connectivity index (χ2n) is 11.3. The van der Waals surface area contributed by atoms with Gasteiger partial charge in [0.1, 0.15) is 12.6 Å². The van der Waals surface area contributed by atoms with Crippen molar-refractivity contribution in [2.45, 2.75) is 83.2 Å². The first-order valence-electron chi connectivity index (χ1n) is 14.3. The van der Waals surface area contributed by atoms with Gasteiger partial charge >= 0.3 is 23.9 Å². The van der Waals surface area contributed by atoms with Crippen LogP contribution in [0.3, 0.4) is 0 Å². The minimum Gasteiger partial charge on any atom is -0.374 e. The first kappa shape index (κ1) is 38.9. The van der Waals surface area contributed by atoms with Crippen LogP contribution in [0.5, 0.6) is 0 Å². The molecule has 1 unspecified atom stereocenters. The molecular formula is C29H36F6N6O6. The average Bonchev–Trinajstić information content (AvgIpc) is 3.41. The quantitative estimate of drug-likeness (QED) is 0.241. The first-order chi connectivity index (χ1) is 21.7. The molecule has 0 saturated carbocycles. The Morgan fingerprint density at radius 1 is 1.00 bits per heavy atom. The van der Waals surface area contributed by atoms with Gasteiger partial charge in [-0.05, 0) is 45.6 Å². The summed E-state index contributed by atoms with van der Waals surface area (Å²) in [6.45, 7) is 6.34. The molecule has 260 valence electrons. The van der Waals surface area contributed by atoms with E-state index >= 15 is 0 Å². The summed E-state index contributed by atoms with van der Waals surface area (Å²) in [5.41, 5.74) is 5.67. The van der Waals surface area contributed by atoms with Crippen molar-refractivity contribution in [3.8, 4) is 0 Å². The number of carbonyl (C=O) groups is 5. The molecule has 3 rings (SSSR count). The van der Waals surface area contributed by atoms with E-state index in [9.17, 15) is 50.3 Å². The van der Waals surface area contributed by atoms with E-state index in [1.165, 1.54) is 6.33 Å². The van der Waals surface area contributed by atoms with Crippen molar-refractivity contribution in [3.63, 3.8) is 0 Å². The highest BCUT2D eigenvalue weighted by atomic mass is 19.4. The standard InChI is InChI=1S/C25H36N6O4.C4F6O2/c1-18-9-7-8-12-31(18)22(32)14-30-13-21(27-17-30)29-23(33)20(28-24(34)25(2,3)26)16-35-15-19-10-5-4-6-11-19;5-3(6,7)1(11)2(12)4(8,9)10/h4-6,10-11,13,17-18,20H,7-9,12,14-16,26H2,1-3H3,(H,28,34)(H,29,33);/t18?,20-;/m1./s1. The number of hydrogen-bond donors (Lipinski definition) is 3. The number of nitrogens with zero attached hydrogens (tertiary/aromatic N) is 3. The van der Waals surface area contributed by atoms with Crippen LogP contribution in [0.15, 0.2) is 42.9 Å². The maximum absolute atomic E-state index is 13.0. The summed E-state index contributed by atoms with van der Waals surface area (Å²) in [6.07, 6.45) is -5.28. The van der Waals surface area contributed by atoms with Crippen molar-refractivity contribution in [2.75, 3.05) is 18.5 Å². The minimum absolute atomic E-state index is 0.0251. The average molecular weight is 679 g/mol. The van der Waals surface area contributed by atoms with Crippen LogP contribution >= 0.6 is 0 Å². The van der Waals surface area contributed by atoms with Gasteiger partial charge in [0.25, 0.3) is 5.91 Å². The van der Waals surface area contributed by atoms with Crippen molar-refractivity contribution in [2.24, 2.45) is 5.73 Å². The molecule has 1 aliphatic rings. The molecule has 1 saturated heterocycles. The van der Waals surface area contributed by atoms with Gasteiger partial charge in [-0.2, -0.15) is 26.3 Å². The Kier molecular flexibility index (Phi) is 13.6. The molecule has 2 aromatic rings. The van der Waals surface area contributed by atoms with Crippen LogP contribution in [-0.2, 0) is 41.9 Å². The number of nitrogens with one attached hydrogen (secondary N) is 2. The fourth-order valence-electron chi connectivity index (χ4n) is 4.09. The predicted molar refractivity (Wildman–Crippen MR) is 154 cm³/mol. The highest BCUT2D eigenvalue weighted by molar-refractivity contribution is 6.41. The Balaban J connectivity index is 0.000000544. The van der Waals surface area contributed by atoms with Crippen molar-refractivity contribution in [3.05, 3.63) is 48.4 Å². The molecule has 4 N–H and O–H groups in total. The molecule has 0 bridgehead atoms. The number of rotatable bonds is 11. The summed E-state index contributed by atoms with van der Waals surface area (Å²) >= 11 is 0. The van der Waals surface area contributed by atoms with Gasteiger partial charge in [0.05, 0.1) is 25.1 Å². The number of halogens is 6. The maximum Gasteiger partial charge on any atom is 0.458 e. The largest absolute Gasteiger partial charge is 0.458 e. The number of imidazole rings is 1. The number of anilines is 1. The van der Waals surface area contributed by atoms with E-state index in [1.54, 1.807) is 24.6 Å². The summed E-state index contributed by atoms with van der Waals surface area (Å²) in [6, 6.07) is 8.78. The summed E-state index contributed by atoms with van der Waals surface area (Å²) in [7, 11) is 0. The van der Waals surface area contributed by atoms with Crippen LogP contribution in [0.4, 0.5) is 32.2 Å². The van der Waals surface area contributed by atoms with Crippen molar-refractivity contribution < 1.29 is 55.1 Å². The highest BCUT2D eigenvalue weighted by Crippen LogP contribution is 2.24. The number of ether oxygens (including phenoxy) is 1. The Morgan fingerprint density at radius 2 is 1.60 bits per heavy atom. The number of hydrogen-bond acceptors (Lipinski definition) is 8. The monoisotopic (exact) mass is 678 g/mol. The third-order valence-corrected chi connectivity index (χ3v) is 6.65. The summed E-state index contributed by atoms with van der Waals surface area (Å²) in [5.74, 6) is -7.48. The Labute approximate surface area is 266 Å². The van der Waals surface area contributed by atoms with E-state index in [1.807, 2.05) is 35.2 Å². The normalized spacial score (nSPS) is 16.0. The van der Waals surface area contributed by atoms with Gasteiger partial charge in [0.2, 0.25) is 11.8 Å². The predicted octanol–water partition coefficient (Wildman–Crippen LogP) is 2.91. The van der Waals surface area contributed by atoms with E-state index < -0.39 is 47.3 Å². The molecule has 47 heavy (non-hydrogen) atoms. The van der Waals surface area contributed by atoms with Gasteiger partial charge in [0.15, 0.2) is 5.82 Å². The fourth-order valence-corrected chi connectivity index (χ4v) is 4.09. The molecule has 1 aromatic carbocycles. The number of amides is 3. The molecule has 1 fully saturated rings. The van der Waals surface area contributed by atoms with E-state index in [0.29, 0.717) is 0 Å². The Morgan fingerprint density at radius 3 is 2.13 bits per heavy atom. The van der Waals surface area contributed by atoms with Crippen molar-refractivity contribution >= 4 is 35.1 Å². The van der Waals surface area contributed by atoms with E-state index in [0.717, 1.165) is 31.4 Å². The summed E-state index contributed by atoms with van der Waals surface area (Å²) in [4.78, 5) is 63.4. The lowest BCUT2D eigenvalue weighted by molar-refractivity contribution is -0.193. The molecular weight excluding hydrogens is 642 g/mol. The number of nitrogens with two attached hydrogens (primary N) is 1. The molecule has 0 radical (unpaired) electrons. The zero-order valence-corrected chi connectivity index (χ0v) is 25.8. The number of carbonyl (C=O) groups excluding carboxylic acids is 5. The lowest BCUT2D eigenvalue weighted by Crippen LogP contribution is -2.56. The zero-order chi connectivity index (χ0) is 35.6. The number of likely N-dealkylation sites (tertiary alicyclic amines) is 1. The SMILES string of the molecule is CC1CCCCN1C(=O)Cn1cnc(NC(=O)[C@@H](COCc2ccccc2)NC(=O)C(C)(C)N)c1.O=C(C(=O)C(F)(F)F)C(F)(F)F. The summed E-state index contributed by atoms with van der Waals surface area (Å²) < 4.78 is 74.3. The molecule has 2 atom stereocenters. The van der Waals surface area contributed by atoms with E-state index in [4.69, 9.17) is 10.5 Å². The Bertz CT molecular complexity index is 1370. The molecule has 0 spiro atoms. The second-order valence-corrected chi connectivity index (χ2v) is 11.3. The molecule has 1 aliphatic heterocycles. The van der Waals surface area contributed by atoms with Gasteiger partial charge in [-0.3, -0.25) is 24.0 Å². The minimum atomic E-state index is -5.77. The van der Waals surface area contributed by atoms with Crippen LogP contribution in [0.1, 0.15) is 45.6 Å².